The number of amides is 1. The van der Waals surface area contributed by atoms with Gasteiger partial charge in [-0.3, -0.25) is 4.79 Å². The molecule has 1 unspecified atom stereocenters. The van der Waals surface area contributed by atoms with E-state index in [-0.39, 0.29) is 11.8 Å². The highest BCUT2D eigenvalue weighted by molar-refractivity contribution is 9.10. The molecule has 3 heterocycles. The summed E-state index contributed by atoms with van der Waals surface area (Å²) in [5.74, 6) is 1.58. The van der Waals surface area contributed by atoms with Gasteiger partial charge >= 0.3 is 0 Å². The molecule has 1 saturated heterocycles. The number of furan rings is 1. The molecule has 1 amide bonds. The maximum atomic E-state index is 13.2. The molecule has 6 heteroatoms. The van der Waals surface area contributed by atoms with E-state index in [9.17, 15) is 4.79 Å². The van der Waals surface area contributed by atoms with Gasteiger partial charge in [0.1, 0.15) is 11.4 Å². The Labute approximate surface area is 170 Å². The van der Waals surface area contributed by atoms with Crippen molar-refractivity contribution in [3.63, 3.8) is 0 Å². The van der Waals surface area contributed by atoms with Crippen LogP contribution in [0.5, 0.6) is 0 Å². The maximum absolute atomic E-state index is 13.2. The topological polar surface area (TPSA) is 62.1 Å². The number of imidazole rings is 1. The lowest BCUT2D eigenvalue weighted by Gasteiger charge is -2.31. The molecule has 4 aromatic rings. The fourth-order valence-electron chi connectivity index (χ4n) is 4.10. The fraction of sp³-hybridized carbons (Fsp3) is 0.273. The average Bonchev–Trinajstić information content (AvgIpc) is 3.28. The van der Waals surface area contributed by atoms with Crippen LogP contribution in [-0.4, -0.2) is 33.9 Å². The molecule has 2 aromatic carbocycles. The number of para-hydroxylation sites is 2. The van der Waals surface area contributed by atoms with Gasteiger partial charge in [-0.05, 0) is 50.1 Å². The van der Waals surface area contributed by atoms with Crippen molar-refractivity contribution < 1.29 is 9.21 Å². The SMILES string of the molecule is Cc1c(C(=O)N2CCCC(c3nc4ccccc4[nH]3)C2)oc2cc(Br)ccc12. The number of rotatable bonds is 2. The number of hydrogen-bond acceptors (Lipinski definition) is 3. The third-order valence-electron chi connectivity index (χ3n) is 5.60. The number of carbonyl (C=O) groups is 1. The van der Waals surface area contributed by atoms with Crippen molar-refractivity contribution in [3.05, 3.63) is 64.1 Å². The van der Waals surface area contributed by atoms with Gasteiger partial charge in [-0.25, -0.2) is 4.98 Å². The molecule has 0 aliphatic carbocycles. The first-order chi connectivity index (χ1) is 13.6. The van der Waals surface area contributed by atoms with Crippen LogP contribution in [0.3, 0.4) is 0 Å². The van der Waals surface area contributed by atoms with E-state index >= 15 is 0 Å². The molecule has 0 saturated carbocycles. The summed E-state index contributed by atoms with van der Waals surface area (Å²) in [6, 6.07) is 13.9. The number of likely N-dealkylation sites (tertiary alicyclic amines) is 1. The Morgan fingerprint density at radius 1 is 1.29 bits per heavy atom. The van der Waals surface area contributed by atoms with Crippen LogP contribution in [0.15, 0.2) is 51.4 Å². The van der Waals surface area contributed by atoms with Crippen molar-refractivity contribution in [2.75, 3.05) is 13.1 Å². The standard InChI is InChI=1S/C22H20BrN3O2/c1-13-16-9-8-15(23)11-19(16)28-20(13)22(27)26-10-4-5-14(12-26)21-24-17-6-2-3-7-18(17)25-21/h2-3,6-9,11,14H,4-5,10,12H2,1H3,(H,24,25). The minimum Gasteiger partial charge on any atom is -0.451 e. The van der Waals surface area contributed by atoms with Gasteiger partial charge < -0.3 is 14.3 Å². The molecule has 1 N–H and O–H groups in total. The molecule has 142 valence electrons. The van der Waals surface area contributed by atoms with Crippen molar-refractivity contribution in [2.24, 2.45) is 0 Å². The number of hydrogen-bond donors (Lipinski definition) is 1. The van der Waals surface area contributed by atoms with E-state index in [4.69, 9.17) is 9.40 Å². The van der Waals surface area contributed by atoms with Gasteiger partial charge in [0.25, 0.3) is 5.91 Å². The third-order valence-corrected chi connectivity index (χ3v) is 6.09. The average molecular weight is 438 g/mol. The van der Waals surface area contributed by atoms with Crippen LogP contribution in [-0.2, 0) is 0 Å². The van der Waals surface area contributed by atoms with E-state index in [0.717, 1.165) is 57.2 Å². The molecule has 2 aromatic heterocycles. The monoisotopic (exact) mass is 437 g/mol. The van der Waals surface area contributed by atoms with Crippen molar-refractivity contribution >= 4 is 43.8 Å². The van der Waals surface area contributed by atoms with E-state index in [2.05, 4.69) is 20.9 Å². The van der Waals surface area contributed by atoms with Gasteiger partial charge in [-0.15, -0.1) is 0 Å². The van der Waals surface area contributed by atoms with E-state index in [1.807, 2.05) is 54.3 Å². The van der Waals surface area contributed by atoms with Gasteiger partial charge in [0.05, 0.1) is 11.0 Å². The zero-order chi connectivity index (χ0) is 19.3. The highest BCUT2D eigenvalue weighted by atomic mass is 79.9. The lowest BCUT2D eigenvalue weighted by atomic mass is 9.97. The Kier molecular flexibility index (Phi) is 4.23. The van der Waals surface area contributed by atoms with Crippen molar-refractivity contribution in [1.82, 2.24) is 14.9 Å². The van der Waals surface area contributed by atoms with Crippen LogP contribution in [0.4, 0.5) is 0 Å². The molecular formula is C22H20BrN3O2. The van der Waals surface area contributed by atoms with Gasteiger partial charge in [0.2, 0.25) is 0 Å². The van der Waals surface area contributed by atoms with Crippen LogP contribution < -0.4 is 0 Å². The minimum absolute atomic E-state index is 0.0365. The number of benzene rings is 2. The number of fused-ring (bicyclic) bond motifs is 2. The summed E-state index contributed by atoms with van der Waals surface area (Å²) in [5, 5.41) is 0.984. The Bertz CT molecular complexity index is 1160. The fourth-order valence-corrected chi connectivity index (χ4v) is 4.44. The van der Waals surface area contributed by atoms with E-state index in [1.54, 1.807) is 0 Å². The van der Waals surface area contributed by atoms with Crippen LogP contribution in [0.25, 0.3) is 22.0 Å². The van der Waals surface area contributed by atoms with E-state index in [1.165, 1.54) is 0 Å². The summed E-state index contributed by atoms with van der Waals surface area (Å²) in [7, 11) is 0. The first-order valence-electron chi connectivity index (χ1n) is 9.53. The highest BCUT2D eigenvalue weighted by Gasteiger charge is 2.30. The lowest BCUT2D eigenvalue weighted by molar-refractivity contribution is 0.0674. The van der Waals surface area contributed by atoms with Crippen molar-refractivity contribution in [1.29, 1.82) is 0 Å². The molecular weight excluding hydrogens is 418 g/mol. The zero-order valence-electron chi connectivity index (χ0n) is 15.5. The number of aromatic amines is 1. The molecule has 0 bridgehead atoms. The maximum Gasteiger partial charge on any atom is 0.289 e. The lowest BCUT2D eigenvalue weighted by Crippen LogP contribution is -2.39. The molecule has 0 spiro atoms. The van der Waals surface area contributed by atoms with Crippen molar-refractivity contribution in [3.8, 4) is 0 Å². The second kappa shape index (κ2) is 6.78. The number of aromatic nitrogens is 2. The predicted octanol–water partition coefficient (Wildman–Crippen LogP) is 5.40. The Balaban J connectivity index is 1.43. The van der Waals surface area contributed by atoms with Crippen LogP contribution >= 0.6 is 15.9 Å². The van der Waals surface area contributed by atoms with Crippen LogP contribution in [0, 0.1) is 6.92 Å². The molecule has 0 radical (unpaired) electrons. The number of H-pyrrole nitrogens is 1. The molecule has 5 nitrogen and oxygen atoms in total. The number of aryl methyl sites for hydroxylation is 1. The second-order valence-electron chi connectivity index (χ2n) is 7.43. The van der Waals surface area contributed by atoms with Gasteiger partial charge in [-0.2, -0.15) is 0 Å². The summed E-state index contributed by atoms with van der Waals surface area (Å²) in [6.45, 7) is 3.35. The third kappa shape index (κ3) is 2.92. The molecule has 1 aliphatic rings. The van der Waals surface area contributed by atoms with Gasteiger partial charge in [0.15, 0.2) is 5.76 Å². The summed E-state index contributed by atoms with van der Waals surface area (Å²) >= 11 is 3.46. The number of halogens is 1. The predicted molar refractivity (Wildman–Crippen MR) is 113 cm³/mol. The Morgan fingerprint density at radius 2 is 2.14 bits per heavy atom. The minimum atomic E-state index is -0.0365. The molecule has 1 aliphatic heterocycles. The summed E-state index contributed by atoms with van der Waals surface area (Å²) in [4.78, 5) is 23.3. The summed E-state index contributed by atoms with van der Waals surface area (Å²) in [5.41, 5.74) is 3.65. The summed E-state index contributed by atoms with van der Waals surface area (Å²) < 4.78 is 6.88. The smallest absolute Gasteiger partial charge is 0.289 e. The molecule has 1 atom stereocenters. The number of nitrogens with one attached hydrogen (secondary N) is 1. The van der Waals surface area contributed by atoms with Gasteiger partial charge in [-0.1, -0.05) is 28.1 Å². The normalized spacial score (nSPS) is 17.5. The molecule has 1 fully saturated rings. The van der Waals surface area contributed by atoms with Crippen LogP contribution in [0.2, 0.25) is 0 Å². The number of nitrogens with zero attached hydrogens (tertiary/aromatic N) is 2. The Hall–Kier alpha value is -2.60. The number of piperidine rings is 1. The first kappa shape index (κ1) is 17.5. The Morgan fingerprint density at radius 3 is 3.00 bits per heavy atom. The van der Waals surface area contributed by atoms with Crippen LogP contribution in [0.1, 0.15) is 40.7 Å². The largest absolute Gasteiger partial charge is 0.451 e. The highest BCUT2D eigenvalue weighted by Crippen LogP contribution is 2.31. The quantitative estimate of drug-likeness (QED) is 0.456. The van der Waals surface area contributed by atoms with E-state index in [0.29, 0.717) is 12.3 Å². The van der Waals surface area contributed by atoms with Crippen molar-refractivity contribution in [2.45, 2.75) is 25.7 Å². The zero-order valence-corrected chi connectivity index (χ0v) is 17.1. The second-order valence-corrected chi connectivity index (χ2v) is 8.34. The van der Waals surface area contributed by atoms with E-state index < -0.39 is 0 Å². The number of carbonyl (C=O) groups excluding carboxylic acids is 1. The molecule has 28 heavy (non-hydrogen) atoms. The van der Waals surface area contributed by atoms with Gasteiger partial charge in [0, 0.05) is 34.4 Å². The summed E-state index contributed by atoms with van der Waals surface area (Å²) in [6.07, 6.45) is 1.98. The first-order valence-corrected chi connectivity index (χ1v) is 10.3. The molecule has 5 rings (SSSR count).